The van der Waals surface area contributed by atoms with Gasteiger partial charge in [0.05, 0.1) is 0 Å². The van der Waals surface area contributed by atoms with E-state index in [9.17, 15) is 18.4 Å². The number of rotatable bonds is 10. The number of carbonyl (C=O) groups is 2. The molecular formula is C37H37F2N3O2. The molecule has 0 aromatic heterocycles. The van der Waals surface area contributed by atoms with Crippen molar-refractivity contribution in [1.82, 2.24) is 10.2 Å². The van der Waals surface area contributed by atoms with Crippen molar-refractivity contribution >= 4 is 17.5 Å². The first-order valence-electron chi connectivity index (χ1n) is 14.9. The molecule has 0 radical (unpaired) electrons. The lowest BCUT2D eigenvalue weighted by molar-refractivity contribution is -0.127. The van der Waals surface area contributed by atoms with Crippen LogP contribution in [0.3, 0.4) is 0 Å². The standard InChI is InChI=1S/C37H37F2N3O2/c1-3-23-40-36(44)34(29-9-5-4-6-10-29)42-24-21-27(22-25-42)26-15-19-31(20-16-26)41-35(43)33-12-8-7-11-32(33)28-13-17-30(18-14-28)37(2,38)39/h3-20,27,34H,1,21-25H2,2H3,(H,40,44)(H,41,43). The SMILES string of the molecule is C=CCNC(=O)C(c1ccccc1)N1CCC(c2ccc(NC(=O)c3ccccc3-c3ccc(C(C)(F)F)cc3)cc2)CC1. The maximum atomic E-state index is 13.7. The molecule has 0 spiro atoms. The monoisotopic (exact) mass is 593 g/mol. The van der Waals surface area contributed by atoms with Crippen LogP contribution in [0.1, 0.15) is 58.8 Å². The van der Waals surface area contributed by atoms with Crippen molar-refractivity contribution in [3.8, 4) is 11.1 Å². The molecule has 4 aromatic rings. The number of piperidine rings is 1. The lowest BCUT2D eigenvalue weighted by Gasteiger charge is -2.37. The van der Waals surface area contributed by atoms with Crippen LogP contribution in [0.15, 0.2) is 116 Å². The lowest BCUT2D eigenvalue weighted by Crippen LogP contribution is -2.44. The van der Waals surface area contributed by atoms with Crippen LogP contribution < -0.4 is 10.6 Å². The second-order valence-corrected chi connectivity index (χ2v) is 11.2. The molecule has 0 aliphatic carbocycles. The normalized spacial score (nSPS) is 14.9. The first kappa shape index (κ1) is 30.8. The number of anilines is 1. The number of hydrogen-bond acceptors (Lipinski definition) is 3. The summed E-state index contributed by atoms with van der Waals surface area (Å²) >= 11 is 0. The van der Waals surface area contributed by atoms with Gasteiger partial charge in [0.2, 0.25) is 5.91 Å². The van der Waals surface area contributed by atoms with Gasteiger partial charge >= 0.3 is 0 Å². The van der Waals surface area contributed by atoms with Gasteiger partial charge in [0.15, 0.2) is 0 Å². The number of nitrogens with one attached hydrogen (secondary N) is 2. The molecule has 226 valence electrons. The van der Waals surface area contributed by atoms with Gasteiger partial charge in [-0.2, -0.15) is 0 Å². The van der Waals surface area contributed by atoms with Gasteiger partial charge in [-0.25, -0.2) is 8.78 Å². The van der Waals surface area contributed by atoms with E-state index >= 15 is 0 Å². The summed E-state index contributed by atoms with van der Waals surface area (Å²) in [5.41, 5.74) is 4.61. The minimum absolute atomic E-state index is 0.0178. The van der Waals surface area contributed by atoms with Gasteiger partial charge < -0.3 is 10.6 Å². The Morgan fingerprint density at radius 2 is 1.55 bits per heavy atom. The fourth-order valence-electron chi connectivity index (χ4n) is 5.84. The van der Waals surface area contributed by atoms with E-state index in [0.29, 0.717) is 34.8 Å². The van der Waals surface area contributed by atoms with E-state index < -0.39 is 5.92 Å². The highest BCUT2D eigenvalue weighted by molar-refractivity contribution is 6.08. The summed E-state index contributed by atoms with van der Waals surface area (Å²) < 4.78 is 27.4. The van der Waals surface area contributed by atoms with E-state index in [1.165, 1.54) is 17.7 Å². The average Bonchev–Trinajstić information content (AvgIpc) is 3.05. The third-order valence-corrected chi connectivity index (χ3v) is 8.19. The Morgan fingerprint density at radius 3 is 2.18 bits per heavy atom. The Hall–Kier alpha value is -4.62. The summed E-state index contributed by atoms with van der Waals surface area (Å²) in [6.45, 7) is 6.59. The minimum atomic E-state index is -2.93. The van der Waals surface area contributed by atoms with Gasteiger partial charge in [-0.05, 0) is 72.3 Å². The maximum absolute atomic E-state index is 13.7. The second kappa shape index (κ2) is 13.8. The molecule has 44 heavy (non-hydrogen) atoms. The first-order valence-corrected chi connectivity index (χ1v) is 14.9. The fourth-order valence-corrected chi connectivity index (χ4v) is 5.84. The molecule has 1 saturated heterocycles. The molecule has 1 unspecified atom stereocenters. The van der Waals surface area contributed by atoms with Crippen molar-refractivity contribution in [1.29, 1.82) is 0 Å². The number of carbonyl (C=O) groups excluding carboxylic acids is 2. The van der Waals surface area contributed by atoms with Crippen LogP contribution in [0, 0.1) is 0 Å². The van der Waals surface area contributed by atoms with Gasteiger partial charge in [-0.15, -0.1) is 6.58 Å². The van der Waals surface area contributed by atoms with Crippen LogP contribution >= 0.6 is 0 Å². The Balaban J connectivity index is 1.23. The topological polar surface area (TPSA) is 61.4 Å². The molecule has 0 saturated carbocycles. The molecule has 1 aliphatic rings. The van der Waals surface area contributed by atoms with Gasteiger partial charge in [0.1, 0.15) is 6.04 Å². The second-order valence-electron chi connectivity index (χ2n) is 11.2. The number of alkyl halides is 2. The van der Waals surface area contributed by atoms with Crippen LogP contribution in [0.2, 0.25) is 0 Å². The molecule has 2 amide bonds. The smallest absolute Gasteiger partial charge is 0.270 e. The molecule has 1 aliphatic heterocycles. The third-order valence-electron chi connectivity index (χ3n) is 8.19. The van der Waals surface area contributed by atoms with Crippen molar-refractivity contribution in [3.05, 3.63) is 138 Å². The number of hydrogen-bond donors (Lipinski definition) is 2. The Bertz CT molecular complexity index is 1570. The van der Waals surface area contributed by atoms with Crippen LogP contribution in [0.25, 0.3) is 11.1 Å². The van der Waals surface area contributed by atoms with Crippen molar-refractivity contribution in [2.75, 3.05) is 25.0 Å². The van der Waals surface area contributed by atoms with Crippen molar-refractivity contribution < 1.29 is 18.4 Å². The summed E-state index contributed by atoms with van der Waals surface area (Å²) in [4.78, 5) is 28.6. The molecule has 5 nitrogen and oxygen atoms in total. The Kier molecular flexibility index (Phi) is 9.65. The summed E-state index contributed by atoms with van der Waals surface area (Å²) in [7, 11) is 0. The highest BCUT2D eigenvalue weighted by Crippen LogP contribution is 2.34. The van der Waals surface area contributed by atoms with E-state index in [2.05, 4.69) is 34.2 Å². The zero-order valence-electron chi connectivity index (χ0n) is 24.8. The van der Waals surface area contributed by atoms with E-state index in [0.717, 1.165) is 38.4 Å². The third kappa shape index (κ3) is 7.29. The molecular weight excluding hydrogens is 556 g/mol. The number of benzene rings is 4. The molecule has 1 fully saturated rings. The summed E-state index contributed by atoms with van der Waals surface area (Å²) in [6.07, 6.45) is 3.52. The van der Waals surface area contributed by atoms with Crippen molar-refractivity contribution in [2.45, 2.75) is 37.6 Å². The van der Waals surface area contributed by atoms with E-state index in [4.69, 9.17) is 0 Å². The first-order chi connectivity index (χ1) is 21.2. The van der Waals surface area contributed by atoms with Gasteiger partial charge in [0, 0.05) is 30.3 Å². The predicted molar refractivity (Wildman–Crippen MR) is 172 cm³/mol. The van der Waals surface area contributed by atoms with E-state index in [-0.39, 0.29) is 23.4 Å². The molecule has 7 heteroatoms. The zero-order chi connectivity index (χ0) is 31.1. The predicted octanol–water partition coefficient (Wildman–Crippen LogP) is 7.94. The maximum Gasteiger partial charge on any atom is 0.270 e. The van der Waals surface area contributed by atoms with Crippen LogP contribution in [0.5, 0.6) is 0 Å². The highest BCUT2D eigenvalue weighted by Gasteiger charge is 2.31. The molecule has 5 rings (SSSR count). The lowest BCUT2D eigenvalue weighted by atomic mass is 9.88. The van der Waals surface area contributed by atoms with Crippen molar-refractivity contribution in [3.63, 3.8) is 0 Å². The summed E-state index contributed by atoms with van der Waals surface area (Å²) in [5, 5.41) is 5.95. The summed E-state index contributed by atoms with van der Waals surface area (Å²) in [5.74, 6) is -2.86. The molecule has 0 bridgehead atoms. The Morgan fingerprint density at radius 1 is 0.909 bits per heavy atom. The minimum Gasteiger partial charge on any atom is -0.351 e. The Labute approximate surface area is 257 Å². The summed E-state index contributed by atoms with van der Waals surface area (Å²) in [6, 6.07) is 30.6. The highest BCUT2D eigenvalue weighted by atomic mass is 19.3. The van der Waals surface area contributed by atoms with E-state index in [1.807, 2.05) is 54.6 Å². The molecule has 4 aromatic carbocycles. The molecule has 2 N–H and O–H groups in total. The largest absolute Gasteiger partial charge is 0.351 e. The van der Waals surface area contributed by atoms with Crippen LogP contribution in [0.4, 0.5) is 14.5 Å². The number of halogens is 2. The van der Waals surface area contributed by atoms with Gasteiger partial charge in [-0.1, -0.05) is 91.0 Å². The van der Waals surface area contributed by atoms with Crippen molar-refractivity contribution in [2.24, 2.45) is 0 Å². The quantitative estimate of drug-likeness (QED) is 0.184. The average molecular weight is 594 g/mol. The van der Waals surface area contributed by atoms with Crippen LogP contribution in [-0.2, 0) is 10.7 Å². The zero-order valence-corrected chi connectivity index (χ0v) is 24.8. The fraction of sp³-hybridized carbons (Fsp3) is 0.243. The number of likely N-dealkylation sites (tertiary alicyclic amines) is 1. The molecule has 1 atom stereocenters. The van der Waals surface area contributed by atoms with Crippen LogP contribution in [-0.4, -0.2) is 36.3 Å². The van der Waals surface area contributed by atoms with E-state index in [1.54, 1.807) is 30.3 Å². The molecule has 1 heterocycles. The van der Waals surface area contributed by atoms with Gasteiger partial charge in [-0.3, -0.25) is 14.5 Å². The number of nitrogens with zero attached hydrogens (tertiary/aromatic N) is 1. The van der Waals surface area contributed by atoms with Gasteiger partial charge in [0.25, 0.3) is 11.8 Å². The number of amides is 2.